The Bertz CT molecular complexity index is 1010. The van der Waals surface area contributed by atoms with Gasteiger partial charge < -0.3 is 14.2 Å². The van der Waals surface area contributed by atoms with Gasteiger partial charge in [-0.3, -0.25) is 9.59 Å². The Balaban J connectivity index is 1.93. The lowest BCUT2D eigenvalue weighted by Gasteiger charge is -2.27. The van der Waals surface area contributed by atoms with Gasteiger partial charge in [-0.15, -0.1) is 0 Å². The van der Waals surface area contributed by atoms with E-state index >= 15 is 0 Å². The molecule has 2 aliphatic carbocycles. The van der Waals surface area contributed by atoms with Crippen molar-refractivity contribution in [3.05, 3.63) is 71.3 Å². The monoisotopic (exact) mass is 494 g/mol. The van der Waals surface area contributed by atoms with Gasteiger partial charge in [-0.1, -0.05) is 62.4 Å². The molecule has 2 aliphatic rings. The van der Waals surface area contributed by atoms with Crippen molar-refractivity contribution in [1.29, 1.82) is 0 Å². The van der Waals surface area contributed by atoms with Crippen molar-refractivity contribution in [2.45, 2.75) is 60.0 Å². The maximum atomic E-state index is 13.1. The summed E-state index contributed by atoms with van der Waals surface area (Å²) in [4.78, 5) is 39.0. The molecule has 6 nitrogen and oxygen atoms in total. The Kier molecular flexibility index (Phi) is 9.30. The third-order valence-electron chi connectivity index (χ3n) is 7.23. The summed E-state index contributed by atoms with van der Waals surface area (Å²) in [6, 6.07) is 9.52. The van der Waals surface area contributed by atoms with Gasteiger partial charge in [0.15, 0.2) is 5.41 Å². The smallest absolute Gasteiger partial charge is 0.331 e. The van der Waals surface area contributed by atoms with Gasteiger partial charge in [0.1, 0.15) is 6.61 Å². The molecule has 1 aromatic carbocycles. The lowest BCUT2D eigenvalue weighted by atomic mass is 9.78. The van der Waals surface area contributed by atoms with Crippen LogP contribution in [-0.2, 0) is 35.2 Å². The van der Waals surface area contributed by atoms with Crippen LogP contribution in [0.4, 0.5) is 0 Å². The number of hydrogen-bond donors (Lipinski definition) is 0. The van der Waals surface area contributed by atoms with Crippen LogP contribution in [0.25, 0.3) is 0 Å². The molecular formula is C30H38O6. The normalized spacial score (nSPS) is 23.8. The van der Waals surface area contributed by atoms with Crippen LogP contribution in [0.1, 0.15) is 58.9 Å². The maximum absolute atomic E-state index is 13.1. The highest BCUT2D eigenvalue weighted by atomic mass is 16.6. The zero-order valence-corrected chi connectivity index (χ0v) is 21.9. The van der Waals surface area contributed by atoms with E-state index in [4.69, 9.17) is 14.2 Å². The summed E-state index contributed by atoms with van der Waals surface area (Å²) in [5.74, 6) is -1.51. The van der Waals surface area contributed by atoms with Crippen LogP contribution in [0, 0.1) is 23.2 Å². The molecule has 0 radical (unpaired) electrons. The minimum atomic E-state index is -1.38. The van der Waals surface area contributed by atoms with Gasteiger partial charge in [0, 0.05) is 6.08 Å². The van der Waals surface area contributed by atoms with E-state index in [2.05, 4.69) is 26.5 Å². The molecule has 194 valence electrons. The SMILES string of the molecule is C=C1/C(=C/C(=O)OCc2ccccc2)CC/C(C(C)C)=C\[C@@H]2CC(C(=O)OCC)(C(=O)OCC)C[C@H]12. The summed E-state index contributed by atoms with van der Waals surface area (Å²) in [6.45, 7) is 12.6. The Morgan fingerprint density at radius 1 is 1.00 bits per heavy atom. The fraction of sp³-hybridized carbons (Fsp3) is 0.500. The number of carbonyl (C=O) groups is 3. The molecule has 0 heterocycles. The quantitative estimate of drug-likeness (QED) is 0.151. The molecule has 1 fully saturated rings. The number of hydrogen-bond acceptors (Lipinski definition) is 6. The van der Waals surface area contributed by atoms with Gasteiger partial charge in [-0.2, -0.15) is 0 Å². The van der Waals surface area contributed by atoms with E-state index in [0.29, 0.717) is 18.8 Å². The first-order chi connectivity index (χ1) is 17.2. The van der Waals surface area contributed by atoms with Crippen molar-refractivity contribution in [3.63, 3.8) is 0 Å². The number of rotatable bonds is 8. The third kappa shape index (κ3) is 6.15. The maximum Gasteiger partial charge on any atom is 0.331 e. The Morgan fingerprint density at radius 3 is 2.22 bits per heavy atom. The summed E-state index contributed by atoms with van der Waals surface area (Å²) in [7, 11) is 0. The topological polar surface area (TPSA) is 78.9 Å². The van der Waals surface area contributed by atoms with Gasteiger partial charge in [0.25, 0.3) is 0 Å². The van der Waals surface area contributed by atoms with Gasteiger partial charge in [0.05, 0.1) is 13.2 Å². The zero-order valence-electron chi connectivity index (χ0n) is 21.9. The van der Waals surface area contributed by atoms with E-state index in [-0.39, 0.29) is 38.1 Å². The van der Waals surface area contributed by atoms with Crippen molar-refractivity contribution in [2.75, 3.05) is 13.2 Å². The molecule has 2 atom stereocenters. The van der Waals surface area contributed by atoms with Crippen LogP contribution in [0.5, 0.6) is 0 Å². The molecule has 0 aromatic heterocycles. The first-order valence-corrected chi connectivity index (χ1v) is 12.9. The molecule has 0 amide bonds. The molecule has 0 spiro atoms. The van der Waals surface area contributed by atoms with Gasteiger partial charge >= 0.3 is 17.9 Å². The highest BCUT2D eigenvalue weighted by molar-refractivity contribution is 6.00. The van der Waals surface area contributed by atoms with Gasteiger partial charge in [0.2, 0.25) is 0 Å². The Morgan fingerprint density at radius 2 is 1.64 bits per heavy atom. The molecule has 0 unspecified atom stereocenters. The molecule has 0 bridgehead atoms. The fourth-order valence-corrected chi connectivity index (χ4v) is 5.26. The molecule has 0 saturated heterocycles. The number of benzene rings is 1. The molecule has 1 saturated carbocycles. The summed E-state index contributed by atoms with van der Waals surface area (Å²) in [6.07, 6.45) is 5.69. The number of esters is 3. The first kappa shape index (κ1) is 27.4. The van der Waals surface area contributed by atoms with Crippen molar-refractivity contribution in [2.24, 2.45) is 23.2 Å². The van der Waals surface area contributed by atoms with Crippen molar-refractivity contribution in [3.8, 4) is 0 Å². The van der Waals surface area contributed by atoms with Crippen LogP contribution in [0.15, 0.2) is 65.8 Å². The molecule has 6 heteroatoms. The Hall–Kier alpha value is -3.15. The second-order valence-electron chi connectivity index (χ2n) is 9.89. The second-order valence-corrected chi connectivity index (χ2v) is 9.89. The largest absolute Gasteiger partial charge is 0.465 e. The lowest BCUT2D eigenvalue weighted by molar-refractivity contribution is -0.172. The average Bonchev–Trinajstić information content (AvgIpc) is 3.24. The minimum Gasteiger partial charge on any atom is -0.465 e. The van der Waals surface area contributed by atoms with Crippen LogP contribution < -0.4 is 0 Å². The summed E-state index contributed by atoms with van der Waals surface area (Å²) >= 11 is 0. The van der Waals surface area contributed by atoms with E-state index in [9.17, 15) is 14.4 Å². The molecule has 0 aliphatic heterocycles. The van der Waals surface area contributed by atoms with Crippen molar-refractivity contribution in [1.82, 2.24) is 0 Å². The van der Waals surface area contributed by atoms with E-state index in [1.54, 1.807) is 13.8 Å². The first-order valence-electron chi connectivity index (χ1n) is 12.9. The van der Waals surface area contributed by atoms with Crippen LogP contribution in [0.2, 0.25) is 0 Å². The minimum absolute atomic E-state index is 0.0900. The highest BCUT2D eigenvalue weighted by Crippen LogP contribution is 2.53. The number of allylic oxidation sites excluding steroid dienone is 4. The Labute approximate surface area is 214 Å². The highest BCUT2D eigenvalue weighted by Gasteiger charge is 2.58. The molecular weight excluding hydrogens is 456 g/mol. The lowest BCUT2D eigenvalue weighted by Crippen LogP contribution is -2.40. The zero-order chi connectivity index (χ0) is 26.3. The average molecular weight is 495 g/mol. The molecule has 1 aromatic rings. The second kappa shape index (κ2) is 12.2. The predicted molar refractivity (Wildman–Crippen MR) is 138 cm³/mol. The van der Waals surface area contributed by atoms with Crippen LogP contribution in [-0.4, -0.2) is 31.1 Å². The van der Waals surface area contributed by atoms with Crippen LogP contribution in [0.3, 0.4) is 0 Å². The molecule has 0 N–H and O–H groups in total. The summed E-state index contributed by atoms with van der Waals surface area (Å²) in [5, 5.41) is 0. The number of fused-ring (bicyclic) bond motifs is 1. The standard InChI is InChI=1S/C30H38O6/c1-6-34-28(32)30(29(33)35-7-2)17-25-15-23(20(3)4)13-14-24(21(5)26(25)18-30)16-27(31)36-19-22-11-9-8-10-12-22/h8-12,15-16,20,25-26H,5-7,13-14,17-19H2,1-4H3/b23-15+,24-16+/t25-,26-/m1/s1. The van der Waals surface area contributed by atoms with E-state index in [1.165, 1.54) is 11.6 Å². The summed E-state index contributed by atoms with van der Waals surface area (Å²) in [5.41, 5.74) is 2.34. The van der Waals surface area contributed by atoms with Crippen LogP contribution >= 0.6 is 0 Å². The predicted octanol–water partition coefficient (Wildman–Crippen LogP) is 5.73. The van der Waals surface area contributed by atoms with Crippen molar-refractivity contribution < 1.29 is 28.6 Å². The van der Waals surface area contributed by atoms with E-state index in [1.807, 2.05) is 30.3 Å². The van der Waals surface area contributed by atoms with Gasteiger partial charge in [-0.25, -0.2) is 4.79 Å². The molecule has 36 heavy (non-hydrogen) atoms. The van der Waals surface area contributed by atoms with E-state index < -0.39 is 23.3 Å². The van der Waals surface area contributed by atoms with Gasteiger partial charge in [-0.05, 0) is 74.0 Å². The summed E-state index contributed by atoms with van der Waals surface area (Å²) < 4.78 is 16.2. The van der Waals surface area contributed by atoms with Crippen molar-refractivity contribution >= 4 is 17.9 Å². The number of carbonyl (C=O) groups excluding carboxylic acids is 3. The van der Waals surface area contributed by atoms with E-state index in [0.717, 1.165) is 23.1 Å². The third-order valence-corrected chi connectivity index (χ3v) is 7.23. The molecule has 3 rings (SSSR count). The fourth-order valence-electron chi connectivity index (χ4n) is 5.26. The number of ether oxygens (including phenoxy) is 3.